The fourth-order valence-corrected chi connectivity index (χ4v) is 2.24. The molecule has 1 aliphatic rings. The van der Waals surface area contributed by atoms with Gasteiger partial charge in [0.1, 0.15) is 4.90 Å². The van der Waals surface area contributed by atoms with Crippen molar-refractivity contribution in [1.82, 2.24) is 15.2 Å². The van der Waals surface area contributed by atoms with Crippen LogP contribution in [0.3, 0.4) is 0 Å². The highest BCUT2D eigenvalue weighted by molar-refractivity contribution is 8.14. The van der Waals surface area contributed by atoms with Gasteiger partial charge < -0.3 is 0 Å². The van der Waals surface area contributed by atoms with Crippen LogP contribution in [0.25, 0.3) is 0 Å². The fraction of sp³-hybridized carbons (Fsp3) is 0.375. The van der Waals surface area contributed by atoms with E-state index in [1.165, 1.54) is 16.4 Å². The Labute approximate surface area is 91.0 Å². The smallest absolute Gasteiger partial charge is 0.282 e. The van der Waals surface area contributed by atoms with Crippen LogP contribution in [-0.4, -0.2) is 29.0 Å². The number of rotatable bonds is 0. The third-order valence-electron chi connectivity index (χ3n) is 2.10. The van der Waals surface area contributed by atoms with Crippen molar-refractivity contribution in [2.45, 2.75) is 4.90 Å². The van der Waals surface area contributed by atoms with E-state index in [0.717, 1.165) is 5.69 Å². The number of aryl methyl sites for hydroxylation is 1. The van der Waals surface area contributed by atoms with E-state index in [0.29, 0.717) is 10.1 Å². The summed E-state index contributed by atoms with van der Waals surface area (Å²) in [5.74, 6) is 0. The highest BCUT2D eigenvalue weighted by Crippen LogP contribution is 2.28. The maximum atomic E-state index is 11.8. The van der Waals surface area contributed by atoms with Gasteiger partial charge in [-0.2, -0.15) is 5.10 Å². The minimum atomic E-state index is -0.105. The van der Waals surface area contributed by atoms with E-state index in [1.54, 1.807) is 25.3 Å². The molecule has 1 aromatic heterocycles. The topological polar surface area (TPSA) is 62.5 Å². The number of thioether (sulfide) groups is 1. The van der Waals surface area contributed by atoms with Gasteiger partial charge in [0.2, 0.25) is 0 Å². The van der Waals surface area contributed by atoms with Crippen molar-refractivity contribution in [3.63, 3.8) is 0 Å². The van der Waals surface area contributed by atoms with E-state index in [-0.39, 0.29) is 5.56 Å². The van der Waals surface area contributed by atoms with Crippen LogP contribution in [0.2, 0.25) is 0 Å². The van der Waals surface area contributed by atoms with Crippen molar-refractivity contribution in [3.8, 4) is 0 Å². The molecule has 2 heterocycles. The van der Waals surface area contributed by atoms with Gasteiger partial charge in [-0.15, -0.1) is 0 Å². The maximum Gasteiger partial charge on any atom is 0.282 e. The lowest BCUT2D eigenvalue weighted by Crippen LogP contribution is -2.43. The number of hydrogen-bond donors (Lipinski definition) is 1. The van der Waals surface area contributed by atoms with Gasteiger partial charge in [-0.3, -0.25) is 20.2 Å². The second-order valence-electron chi connectivity index (χ2n) is 3.09. The molecule has 1 N–H and O–H groups in total. The summed E-state index contributed by atoms with van der Waals surface area (Å²) in [6, 6.07) is 0. The van der Waals surface area contributed by atoms with Crippen molar-refractivity contribution < 1.29 is 0 Å². The first-order valence-corrected chi connectivity index (χ1v) is 5.16. The molecule has 0 unspecified atom stereocenters. The van der Waals surface area contributed by atoms with E-state index in [2.05, 4.69) is 15.5 Å². The molecule has 0 saturated heterocycles. The molecule has 0 fully saturated rings. The monoisotopic (exact) mass is 225 g/mol. The van der Waals surface area contributed by atoms with Crippen LogP contribution in [-0.2, 0) is 7.05 Å². The van der Waals surface area contributed by atoms with Gasteiger partial charge in [-0.25, -0.2) is 4.68 Å². The maximum absolute atomic E-state index is 11.8. The molecule has 0 bridgehead atoms. The normalized spacial score (nSPS) is 17.5. The highest BCUT2D eigenvalue weighted by atomic mass is 32.2. The Morgan fingerprint density at radius 1 is 1.53 bits per heavy atom. The molecular weight excluding hydrogens is 214 g/mol. The molecule has 2 rings (SSSR count). The van der Waals surface area contributed by atoms with Gasteiger partial charge in [0, 0.05) is 21.1 Å². The standard InChI is InChI=1S/C8H11N5OS/c1-9-8-11-12(2)5-4-10-13(3)7(14)6(5)15-8/h4H,1-3H3,(H,9,11). The molecule has 0 amide bonds. The molecule has 15 heavy (non-hydrogen) atoms. The quantitative estimate of drug-likeness (QED) is 0.663. The lowest BCUT2D eigenvalue weighted by molar-refractivity contribution is 0.679. The van der Waals surface area contributed by atoms with E-state index in [1.807, 2.05) is 7.05 Å². The number of hydrogen-bond acceptors (Lipinski definition) is 5. The molecule has 0 radical (unpaired) electrons. The molecule has 7 heteroatoms. The van der Waals surface area contributed by atoms with Gasteiger partial charge in [0.05, 0.1) is 11.9 Å². The summed E-state index contributed by atoms with van der Waals surface area (Å²) >= 11 is 1.33. The van der Waals surface area contributed by atoms with Gasteiger partial charge in [-0.05, 0) is 11.8 Å². The number of anilines is 1. The number of hydrazine groups is 1. The zero-order valence-electron chi connectivity index (χ0n) is 8.68. The Balaban J connectivity index is 2.61. The molecule has 0 atom stereocenters. The van der Waals surface area contributed by atoms with Gasteiger partial charge in [0.25, 0.3) is 5.56 Å². The van der Waals surface area contributed by atoms with Crippen LogP contribution in [0.1, 0.15) is 0 Å². The summed E-state index contributed by atoms with van der Waals surface area (Å²) in [5.41, 5.74) is 3.70. The van der Waals surface area contributed by atoms with Crippen LogP contribution < -0.4 is 16.0 Å². The predicted molar refractivity (Wildman–Crippen MR) is 60.2 cm³/mol. The number of aromatic nitrogens is 2. The summed E-state index contributed by atoms with van der Waals surface area (Å²) in [6.45, 7) is 0. The molecule has 80 valence electrons. The Kier molecular flexibility index (Phi) is 2.39. The zero-order chi connectivity index (χ0) is 11.0. The summed E-state index contributed by atoms with van der Waals surface area (Å²) in [6.07, 6.45) is 1.66. The van der Waals surface area contributed by atoms with Crippen LogP contribution >= 0.6 is 11.8 Å². The summed E-state index contributed by atoms with van der Waals surface area (Å²) in [4.78, 5) is 16.5. The molecule has 6 nitrogen and oxygen atoms in total. The van der Waals surface area contributed by atoms with E-state index in [9.17, 15) is 4.79 Å². The summed E-state index contributed by atoms with van der Waals surface area (Å²) in [5, 5.41) is 6.40. The largest absolute Gasteiger partial charge is 0.286 e. The van der Waals surface area contributed by atoms with E-state index >= 15 is 0 Å². The van der Waals surface area contributed by atoms with Crippen molar-refractivity contribution in [2.75, 3.05) is 19.1 Å². The lowest BCUT2D eigenvalue weighted by atomic mass is 10.4. The van der Waals surface area contributed by atoms with Crippen molar-refractivity contribution in [3.05, 3.63) is 16.6 Å². The third kappa shape index (κ3) is 1.58. The number of aliphatic imine (C=N–C) groups is 1. The number of amidine groups is 1. The minimum Gasteiger partial charge on any atom is -0.286 e. The first-order valence-electron chi connectivity index (χ1n) is 4.35. The molecule has 0 aliphatic carbocycles. The van der Waals surface area contributed by atoms with Gasteiger partial charge in [-0.1, -0.05) is 0 Å². The van der Waals surface area contributed by atoms with Crippen molar-refractivity contribution >= 4 is 22.6 Å². The molecule has 1 aliphatic heterocycles. The first-order chi connectivity index (χ1) is 7.13. The van der Waals surface area contributed by atoms with Gasteiger partial charge in [0.15, 0.2) is 5.17 Å². The SMILES string of the molecule is CN=C1NN(C)c2cnn(C)c(=O)c2S1. The number of nitrogens with one attached hydrogen (secondary N) is 1. The van der Waals surface area contributed by atoms with Crippen molar-refractivity contribution in [1.29, 1.82) is 0 Å². The zero-order valence-corrected chi connectivity index (χ0v) is 9.50. The molecule has 0 aromatic carbocycles. The Hall–Kier alpha value is -1.50. The summed E-state index contributed by atoms with van der Waals surface area (Å²) in [7, 11) is 5.14. The molecule has 0 spiro atoms. The predicted octanol–water partition coefficient (Wildman–Crippen LogP) is -0.187. The third-order valence-corrected chi connectivity index (χ3v) is 3.16. The second kappa shape index (κ2) is 3.58. The number of fused-ring (bicyclic) bond motifs is 1. The highest BCUT2D eigenvalue weighted by Gasteiger charge is 2.22. The lowest BCUT2D eigenvalue weighted by Gasteiger charge is -2.28. The average Bonchev–Trinajstić information content (AvgIpc) is 2.23. The Morgan fingerprint density at radius 3 is 2.93 bits per heavy atom. The van der Waals surface area contributed by atoms with E-state index < -0.39 is 0 Å². The molecule has 1 aromatic rings. The van der Waals surface area contributed by atoms with Crippen LogP contribution in [0.4, 0.5) is 5.69 Å². The molecular formula is C8H11N5OS. The Morgan fingerprint density at radius 2 is 2.27 bits per heavy atom. The van der Waals surface area contributed by atoms with Crippen molar-refractivity contribution in [2.24, 2.45) is 12.0 Å². The minimum absolute atomic E-state index is 0.105. The first kappa shape index (κ1) is 10.0. The van der Waals surface area contributed by atoms with E-state index in [4.69, 9.17) is 0 Å². The molecule has 0 saturated carbocycles. The summed E-state index contributed by atoms with van der Waals surface area (Å²) < 4.78 is 1.32. The van der Waals surface area contributed by atoms with Crippen LogP contribution in [0, 0.1) is 0 Å². The second-order valence-corrected chi connectivity index (χ2v) is 4.09. The average molecular weight is 225 g/mol. The van der Waals surface area contributed by atoms with Crippen LogP contribution in [0.5, 0.6) is 0 Å². The van der Waals surface area contributed by atoms with Gasteiger partial charge >= 0.3 is 0 Å². The fourth-order valence-electron chi connectivity index (χ4n) is 1.26. The van der Waals surface area contributed by atoms with Crippen LogP contribution in [0.15, 0.2) is 20.9 Å². The number of nitrogens with zero attached hydrogens (tertiary/aromatic N) is 4. The Bertz CT molecular complexity index is 480.